The highest BCUT2D eigenvalue weighted by Gasteiger charge is 2.43. The maximum absolute atomic E-state index is 11.7. The summed E-state index contributed by atoms with van der Waals surface area (Å²) in [6, 6.07) is 14.4. The van der Waals surface area contributed by atoms with Gasteiger partial charge in [-0.3, -0.25) is 0 Å². The summed E-state index contributed by atoms with van der Waals surface area (Å²) in [6.45, 7) is 2.30. The molecule has 2 aromatic rings. The molecule has 2 aliphatic heterocycles. The highest BCUT2D eigenvalue weighted by molar-refractivity contribution is 7.90. The first-order chi connectivity index (χ1) is 13.4. The number of piperidine rings is 1. The van der Waals surface area contributed by atoms with E-state index >= 15 is 0 Å². The van der Waals surface area contributed by atoms with Crippen molar-refractivity contribution in [2.75, 3.05) is 19.3 Å². The topological polar surface area (TPSA) is 46.6 Å². The van der Waals surface area contributed by atoms with Crippen molar-refractivity contribution in [3.63, 3.8) is 0 Å². The summed E-state index contributed by atoms with van der Waals surface area (Å²) in [6.07, 6.45) is 8.57. The molecule has 0 aromatic heterocycles. The van der Waals surface area contributed by atoms with Gasteiger partial charge in [-0.2, -0.15) is 0 Å². The van der Waals surface area contributed by atoms with Gasteiger partial charge in [0.1, 0.15) is 11.4 Å². The highest BCUT2D eigenvalue weighted by Crippen LogP contribution is 2.43. The van der Waals surface area contributed by atoms with E-state index in [1.807, 2.05) is 12.1 Å². The van der Waals surface area contributed by atoms with Gasteiger partial charge in [-0.1, -0.05) is 24.6 Å². The average molecular weight is 398 g/mol. The molecule has 28 heavy (non-hydrogen) atoms. The van der Waals surface area contributed by atoms with Crippen molar-refractivity contribution in [2.24, 2.45) is 0 Å². The minimum absolute atomic E-state index is 0.0264. The zero-order valence-corrected chi connectivity index (χ0v) is 17.2. The van der Waals surface area contributed by atoms with Crippen LogP contribution in [0.4, 0.5) is 0 Å². The molecule has 1 aliphatic carbocycles. The zero-order valence-electron chi connectivity index (χ0n) is 16.4. The lowest BCUT2D eigenvalue weighted by Crippen LogP contribution is -2.52. The van der Waals surface area contributed by atoms with Gasteiger partial charge in [0.15, 0.2) is 9.84 Å². The number of ether oxygens (including phenoxy) is 1. The summed E-state index contributed by atoms with van der Waals surface area (Å²) < 4.78 is 29.8. The van der Waals surface area contributed by atoms with Gasteiger partial charge in [-0.25, -0.2) is 8.42 Å². The van der Waals surface area contributed by atoms with Crippen LogP contribution in [0.15, 0.2) is 47.4 Å². The molecule has 5 rings (SSSR count). The fourth-order valence-corrected chi connectivity index (χ4v) is 5.47. The number of sulfone groups is 1. The van der Waals surface area contributed by atoms with Crippen molar-refractivity contribution in [1.29, 1.82) is 0 Å². The summed E-state index contributed by atoms with van der Waals surface area (Å²) >= 11 is 0. The van der Waals surface area contributed by atoms with Crippen molar-refractivity contribution in [3.8, 4) is 16.9 Å². The Morgan fingerprint density at radius 3 is 2.29 bits per heavy atom. The molecule has 2 fully saturated rings. The lowest BCUT2D eigenvalue weighted by atomic mass is 9.83. The quantitative estimate of drug-likeness (QED) is 0.783. The normalized spacial score (nSPS) is 21.9. The SMILES string of the molecule is CS(=O)(=O)c1ccc(-c2ccc3c(c2)CC2(CCN(C4CCC4)CC2)O3)cc1. The zero-order chi connectivity index (χ0) is 19.4. The Hall–Kier alpha value is -1.85. The van der Waals surface area contributed by atoms with Crippen molar-refractivity contribution >= 4 is 9.84 Å². The third-order valence-electron chi connectivity index (χ3n) is 6.82. The lowest BCUT2D eigenvalue weighted by Gasteiger charge is -2.45. The van der Waals surface area contributed by atoms with Gasteiger partial charge < -0.3 is 9.64 Å². The Balaban J connectivity index is 1.32. The van der Waals surface area contributed by atoms with Gasteiger partial charge >= 0.3 is 0 Å². The van der Waals surface area contributed by atoms with E-state index in [4.69, 9.17) is 4.74 Å². The van der Waals surface area contributed by atoms with E-state index in [2.05, 4.69) is 23.1 Å². The Labute approximate surface area is 167 Å². The third kappa shape index (κ3) is 3.25. The first kappa shape index (κ1) is 18.2. The number of rotatable bonds is 3. The molecule has 1 spiro atoms. The van der Waals surface area contributed by atoms with Crippen molar-refractivity contribution in [3.05, 3.63) is 48.0 Å². The van der Waals surface area contributed by atoms with Crippen LogP contribution in [0, 0.1) is 0 Å². The van der Waals surface area contributed by atoms with Gasteiger partial charge in [0.05, 0.1) is 4.90 Å². The molecule has 2 heterocycles. The molecule has 0 N–H and O–H groups in total. The Bertz CT molecular complexity index is 985. The molecule has 2 aromatic carbocycles. The molecule has 4 nitrogen and oxygen atoms in total. The van der Waals surface area contributed by atoms with Crippen LogP contribution in [-0.4, -0.2) is 44.3 Å². The van der Waals surface area contributed by atoms with Gasteiger partial charge in [0, 0.05) is 44.6 Å². The lowest BCUT2D eigenvalue weighted by molar-refractivity contribution is -0.00746. The van der Waals surface area contributed by atoms with Crippen LogP contribution in [-0.2, 0) is 16.3 Å². The predicted molar refractivity (Wildman–Crippen MR) is 110 cm³/mol. The van der Waals surface area contributed by atoms with Gasteiger partial charge in [0.25, 0.3) is 0 Å². The summed E-state index contributed by atoms with van der Waals surface area (Å²) in [5.74, 6) is 1.02. The molecule has 0 bridgehead atoms. The van der Waals surface area contributed by atoms with Crippen LogP contribution < -0.4 is 4.74 Å². The van der Waals surface area contributed by atoms with Crippen LogP contribution in [0.2, 0.25) is 0 Å². The Morgan fingerprint density at radius 2 is 1.68 bits per heavy atom. The van der Waals surface area contributed by atoms with Crippen LogP contribution in [0.25, 0.3) is 11.1 Å². The summed E-state index contributed by atoms with van der Waals surface area (Å²) in [5, 5.41) is 0. The average Bonchev–Trinajstić information content (AvgIpc) is 2.98. The second-order valence-electron chi connectivity index (χ2n) is 8.70. The fourth-order valence-electron chi connectivity index (χ4n) is 4.84. The van der Waals surface area contributed by atoms with Gasteiger partial charge in [0.2, 0.25) is 0 Å². The van der Waals surface area contributed by atoms with Crippen LogP contribution in [0.3, 0.4) is 0 Å². The largest absolute Gasteiger partial charge is 0.487 e. The van der Waals surface area contributed by atoms with Gasteiger partial charge in [-0.15, -0.1) is 0 Å². The molecule has 0 unspecified atom stereocenters. The second kappa shape index (κ2) is 6.60. The van der Waals surface area contributed by atoms with E-state index in [0.29, 0.717) is 4.90 Å². The van der Waals surface area contributed by atoms with E-state index < -0.39 is 9.84 Å². The molecule has 1 saturated carbocycles. The highest BCUT2D eigenvalue weighted by atomic mass is 32.2. The number of benzene rings is 2. The number of hydrogen-bond acceptors (Lipinski definition) is 4. The van der Waals surface area contributed by atoms with E-state index in [1.54, 1.807) is 12.1 Å². The molecule has 0 radical (unpaired) electrons. The maximum atomic E-state index is 11.7. The van der Waals surface area contributed by atoms with Crippen LogP contribution in [0.1, 0.15) is 37.7 Å². The van der Waals surface area contributed by atoms with Crippen molar-refractivity contribution in [2.45, 2.75) is 55.1 Å². The molecular formula is C23H27NO3S. The third-order valence-corrected chi connectivity index (χ3v) is 7.94. The monoisotopic (exact) mass is 397 g/mol. The predicted octanol–water partition coefficient (Wildman–Crippen LogP) is 4.08. The molecule has 0 amide bonds. The summed E-state index contributed by atoms with van der Waals surface area (Å²) in [4.78, 5) is 3.02. The Morgan fingerprint density at radius 1 is 1.00 bits per heavy atom. The Kier molecular flexibility index (Phi) is 4.29. The number of likely N-dealkylation sites (tertiary alicyclic amines) is 1. The van der Waals surface area contributed by atoms with E-state index in [1.165, 1.54) is 31.1 Å². The van der Waals surface area contributed by atoms with Gasteiger partial charge in [-0.05, 0) is 53.8 Å². The molecule has 1 saturated heterocycles. The molecule has 5 heteroatoms. The first-order valence-electron chi connectivity index (χ1n) is 10.3. The summed E-state index contributed by atoms with van der Waals surface area (Å²) in [5.41, 5.74) is 3.41. The summed E-state index contributed by atoms with van der Waals surface area (Å²) in [7, 11) is -3.16. The number of fused-ring (bicyclic) bond motifs is 1. The van der Waals surface area contributed by atoms with Crippen LogP contribution >= 0.6 is 0 Å². The van der Waals surface area contributed by atoms with E-state index in [-0.39, 0.29) is 5.60 Å². The molecular weight excluding hydrogens is 370 g/mol. The smallest absolute Gasteiger partial charge is 0.175 e. The number of nitrogens with zero attached hydrogens (tertiary/aromatic N) is 1. The van der Waals surface area contributed by atoms with Crippen molar-refractivity contribution in [1.82, 2.24) is 4.90 Å². The van der Waals surface area contributed by atoms with E-state index in [0.717, 1.165) is 55.3 Å². The number of hydrogen-bond donors (Lipinski definition) is 0. The van der Waals surface area contributed by atoms with E-state index in [9.17, 15) is 8.42 Å². The minimum Gasteiger partial charge on any atom is -0.487 e. The second-order valence-corrected chi connectivity index (χ2v) is 10.7. The maximum Gasteiger partial charge on any atom is 0.175 e. The molecule has 0 atom stereocenters. The molecule has 3 aliphatic rings. The van der Waals surface area contributed by atoms with Crippen LogP contribution in [0.5, 0.6) is 5.75 Å². The first-order valence-corrected chi connectivity index (χ1v) is 12.2. The van der Waals surface area contributed by atoms with Crippen molar-refractivity contribution < 1.29 is 13.2 Å². The fraction of sp³-hybridized carbons (Fsp3) is 0.478. The minimum atomic E-state index is -3.16. The standard InChI is InChI=1S/C23H27NO3S/c1-28(25,26)21-8-5-17(6-9-21)18-7-10-22-19(15-18)16-23(27-22)11-13-24(14-12-23)20-3-2-4-20/h5-10,15,20H,2-4,11-14,16H2,1H3. The molecule has 148 valence electrons.